The number of hydrogen-bond donors (Lipinski definition) is 3. The van der Waals surface area contributed by atoms with Gasteiger partial charge in [-0.25, -0.2) is 4.79 Å². The topological polar surface area (TPSA) is 102 Å². The van der Waals surface area contributed by atoms with Gasteiger partial charge in [0.15, 0.2) is 0 Å². The van der Waals surface area contributed by atoms with Gasteiger partial charge in [-0.1, -0.05) is 30.3 Å². The molecule has 2 aromatic rings. The number of urea groups is 1. The average molecular weight is 467 g/mol. The van der Waals surface area contributed by atoms with Crippen LogP contribution in [0.15, 0.2) is 48.5 Å². The third-order valence-electron chi connectivity index (χ3n) is 6.31. The van der Waals surface area contributed by atoms with Crippen LogP contribution in [0.1, 0.15) is 30.4 Å². The van der Waals surface area contributed by atoms with Crippen LogP contribution in [0.4, 0.5) is 16.2 Å². The monoisotopic (exact) mass is 466 g/mol. The first kappa shape index (κ1) is 25.2. The normalized spacial score (nSPS) is 14.4. The molecule has 0 bridgehead atoms. The number of carbonyl (C=O) groups excluding carboxylic acids is 2. The summed E-state index contributed by atoms with van der Waals surface area (Å²) in [6.45, 7) is 5.13. The smallest absolute Gasteiger partial charge is 0.323 e. The average Bonchev–Trinajstić information content (AvgIpc) is 2.81. The molecular formula is C26H34N4O4. The second kappa shape index (κ2) is 12.2. The number of carboxylic acid groups (broad SMARTS) is 1. The van der Waals surface area contributed by atoms with Gasteiger partial charge < -0.3 is 25.5 Å². The van der Waals surface area contributed by atoms with Crippen molar-refractivity contribution in [1.82, 2.24) is 9.80 Å². The maximum Gasteiger partial charge on any atom is 0.323 e. The highest BCUT2D eigenvalue weighted by Crippen LogP contribution is 2.20. The van der Waals surface area contributed by atoms with Gasteiger partial charge in [-0.2, -0.15) is 0 Å². The Hall–Kier alpha value is -3.39. The summed E-state index contributed by atoms with van der Waals surface area (Å²) in [5.74, 6) is -0.420. The zero-order chi connectivity index (χ0) is 24.5. The van der Waals surface area contributed by atoms with E-state index in [-0.39, 0.29) is 24.3 Å². The fraction of sp³-hybridized carbons (Fsp3) is 0.423. The van der Waals surface area contributed by atoms with Gasteiger partial charge in [0, 0.05) is 37.9 Å². The molecule has 1 aliphatic rings. The molecule has 0 aliphatic carbocycles. The Kier molecular flexibility index (Phi) is 9.04. The van der Waals surface area contributed by atoms with Crippen LogP contribution in [-0.2, 0) is 16.0 Å². The minimum absolute atomic E-state index is 0.0405. The van der Waals surface area contributed by atoms with E-state index in [2.05, 4.69) is 15.5 Å². The molecule has 8 nitrogen and oxygen atoms in total. The predicted molar refractivity (Wildman–Crippen MR) is 133 cm³/mol. The molecule has 182 valence electrons. The molecule has 3 amide bonds. The van der Waals surface area contributed by atoms with Gasteiger partial charge in [0.05, 0.1) is 6.42 Å². The number of aliphatic carboxylic acids is 1. The highest BCUT2D eigenvalue weighted by atomic mass is 16.4. The van der Waals surface area contributed by atoms with Crippen molar-refractivity contribution in [3.63, 3.8) is 0 Å². The molecule has 2 aromatic carbocycles. The van der Waals surface area contributed by atoms with Crippen LogP contribution < -0.4 is 10.6 Å². The lowest BCUT2D eigenvalue weighted by molar-refractivity contribution is -0.138. The molecule has 8 heteroatoms. The van der Waals surface area contributed by atoms with Crippen molar-refractivity contribution in [3.05, 3.63) is 59.7 Å². The fourth-order valence-corrected chi connectivity index (χ4v) is 4.09. The number of rotatable bonds is 9. The molecule has 0 atom stereocenters. The number of carbonyl (C=O) groups is 3. The number of nitrogens with zero attached hydrogens (tertiary/aromatic N) is 2. The van der Waals surface area contributed by atoms with Crippen LogP contribution in [0.2, 0.25) is 0 Å². The number of carboxylic acids is 1. The quantitative estimate of drug-likeness (QED) is 0.521. The van der Waals surface area contributed by atoms with Gasteiger partial charge >= 0.3 is 12.0 Å². The molecule has 0 saturated carbocycles. The number of piperidine rings is 1. The van der Waals surface area contributed by atoms with Gasteiger partial charge in [-0.05, 0) is 68.1 Å². The Morgan fingerprint density at radius 1 is 1.03 bits per heavy atom. The van der Waals surface area contributed by atoms with Crippen molar-refractivity contribution in [2.75, 3.05) is 43.9 Å². The minimum Gasteiger partial charge on any atom is -0.481 e. The van der Waals surface area contributed by atoms with Crippen molar-refractivity contribution < 1.29 is 19.5 Å². The molecule has 1 saturated heterocycles. The molecule has 1 heterocycles. The largest absolute Gasteiger partial charge is 0.481 e. The van der Waals surface area contributed by atoms with E-state index in [0.717, 1.165) is 49.3 Å². The summed E-state index contributed by atoms with van der Waals surface area (Å²) in [7, 11) is 1.81. The number of benzene rings is 2. The number of anilines is 2. The Morgan fingerprint density at radius 2 is 1.71 bits per heavy atom. The maximum atomic E-state index is 12.6. The molecular weight excluding hydrogens is 432 g/mol. The summed E-state index contributed by atoms with van der Waals surface area (Å²) in [5, 5.41) is 14.6. The van der Waals surface area contributed by atoms with Gasteiger partial charge in [-0.3, -0.25) is 9.59 Å². The molecule has 0 unspecified atom stereocenters. The third-order valence-corrected chi connectivity index (χ3v) is 6.31. The summed E-state index contributed by atoms with van der Waals surface area (Å²) in [5.41, 5.74) is 3.28. The van der Waals surface area contributed by atoms with Crippen molar-refractivity contribution in [2.24, 2.45) is 5.92 Å². The number of hydrogen-bond acceptors (Lipinski definition) is 4. The molecule has 3 N–H and O–H groups in total. The highest BCUT2D eigenvalue weighted by Gasteiger charge is 2.21. The molecule has 0 radical (unpaired) electrons. The van der Waals surface area contributed by atoms with Crippen LogP contribution in [0.3, 0.4) is 0 Å². The van der Waals surface area contributed by atoms with Crippen LogP contribution in [0, 0.1) is 12.8 Å². The van der Waals surface area contributed by atoms with Crippen molar-refractivity contribution in [3.8, 4) is 0 Å². The van der Waals surface area contributed by atoms with Crippen molar-refractivity contribution in [1.29, 1.82) is 0 Å². The standard InChI is InChI=1S/C26H34N4O4/c1-19-5-3-4-6-23(19)28-26(34)27-22-9-7-20(8-10-22)17-24(31)29(2)15-16-30-13-11-21(12-14-30)18-25(32)33/h3-10,21H,11-18H2,1-2H3,(H,32,33)(H2,27,28,34). The van der Waals surface area contributed by atoms with Gasteiger partial charge in [-0.15, -0.1) is 0 Å². The van der Waals surface area contributed by atoms with Crippen LogP contribution in [0.25, 0.3) is 0 Å². The lowest BCUT2D eigenvalue weighted by Crippen LogP contribution is -2.41. The highest BCUT2D eigenvalue weighted by molar-refractivity contribution is 6.00. The van der Waals surface area contributed by atoms with Crippen molar-refractivity contribution in [2.45, 2.75) is 32.6 Å². The summed E-state index contributed by atoms with van der Waals surface area (Å²) >= 11 is 0. The molecule has 1 fully saturated rings. The van der Waals surface area contributed by atoms with E-state index in [9.17, 15) is 14.4 Å². The predicted octanol–water partition coefficient (Wildman–Crippen LogP) is 3.83. The number of aryl methyl sites for hydroxylation is 1. The molecule has 1 aliphatic heterocycles. The van der Waals surface area contributed by atoms with Gasteiger partial charge in [0.1, 0.15) is 0 Å². The number of likely N-dealkylation sites (N-methyl/N-ethyl adjacent to an activating group) is 1. The first-order valence-electron chi connectivity index (χ1n) is 11.7. The van der Waals surface area contributed by atoms with Crippen LogP contribution in [-0.4, -0.2) is 66.0 Å². The van der Waals surface area contributed by atoms with E-state index in [1.165, 1.54) is 0 Å². The Morgan fingerprint density at radius 3 is 2.35 bits per heavy atom. The van der Waals surface area contributed by atoms with E-state index in [1.54, 1.807) is 17.0 Å². The van der Waals surface area contributed by atoms with E-state index in [0.29, 0.717) is 18.7 Å². The summed E-state index contributed by atoms with van der Waals surface area (Å²) < 4.78 is 0. The lowest BCUT2D eigenvalue weighted by atomic mass is 9.94. The van der Waals surface area contributed by atoms with Crippen LogP contribution in [0.5, 0.6) is 0 Å². The summed E-state index contributed by atoms with van der Waals surface area (Å²) in [4.78, 5) is 39.8. The second-order valence-corrected chi connectivity index (χ2v) is 8.97. The molecule has 0 spiro atoms. The van der Waals surface area contributed by atoms with Gasteiger partial charge in [0.25, 0.3) is 0 Å². The maximum absolute atomic E-state index is 12.6. The molecule has 3 rings (SSSR count). The first-order chi connectivity index (χ1) is 16.3. The zero-order valence-corrected chi connectivity index (χ0v) is 19.9. The number of nitrogens with one attached hydrogen (secondary N) is 2. The summed E-state index contributed by atoms with van der Waals surface area (Å²) in [6, 6.07) is 14.5. The number of amides is 3. The fourth-order valence-electron chi connectivity index (χ4n) is 4.09. The zero-order valence-electron chi connectivity index (χ0n) is 19.9. The van der Waals surface area contributed by atoms with E-state index in [1.807, 2.05) is 50.4 Å². The molecule has 34 heavy (non-hydrogen) atoms. The number of likely N-dealkylation sites (tertiary alicyclic amines) is 1. The third kappa shape index (κ3) is 7.88. The molecule has 0 aromatic heterocycles. The number of para-hydroxylation sites is 1. The SMILES string of the molecule is Cc1ccccc1NC(=O)Nc1ccc(CC(=O)N(C)CCN2CCC(CC(=O)O)CC2)cc1. The van der Waals surface area contributed by atoms with E-state index < -0.39 is 5.97 Å². The minimum atomic E-state index is -0.724. The first-order valence-corrected chi connectivity index (χ1v) is 11.7. The van der Waals surface area contributed by atoms with Gasteiger partial charge in [0.2, 0.25) is 5.91 Å². The van der Waals surface area contributed by atoms with E-state index in [4.69, 9.17) is 5.11 Å². The van der Waals surface area contributed by atoms with E-state index >= 15 is 0 Å². The Bertz CT molecular complexity index is 985. The second-order valence-electron chi connectivity index (χ2n) is 8.97. The summed E-state index contributed by atoms with van der Waals surface area (Å²) in [6.07, 6.45) is 2.34. The Labute approximate surface area is 200 Å². The Balaban J connectivity index is 1.39. The van der Waals surface area contributed by atoms with Crippen molar-refractivity contribution >= 4 is 29.3 Å². The van der Waals surface area contributed by atoms with Crippen LogP contribution >= 0.6 is 0 Å². The lowest BCUT2D eigenvalue weighted by Gasteiger charge is -2.32.